The molecule has 1 heteroatoms. The van der Waals surface area contributed by atoms with E-state index in [-0.39, 0.29) is 11.8 Å². The Bertz CT molecular complexity index is 313. The highest BCUT2D eigenvalue weighted by Crippen LogP contribution is 2.29. The minimum Gasteiger partial charge on any atom is -0.303 e. The zero-order chi connectivity index (χ0) is 10.6. The van der Waals surface area contributed by atoms with Gasteiger partial charge in [0.2, 0.25) is 0 Å². The van der Waals surface area contributed by atoms with Crippen LogP contribution in [0.25, 0.3) is 0 Å². The lowest BCUT2D eigenvalue weighted by molar-refractivity contribution is -0.111. The molecular formula is C13H16O. The Hall–Kier alpha value is -1.37. The topological polar surface area (TPSA) is 17.1 Å². The van der Waals surface area contributed by atoms with Crippen molar-refractivity contribution in [2.24, 2.45) is 5.92 Å². The number of hydrogen-bond donors (Lipinski definition) is 0. The standard InChI is InChI=1S/C13H16O/c1-10(2)13(11(3)9-14)12-7-5-4-6-8-12/h4-9,11,13H,1H2,2-3H3. The molecule has 0 heterocycles. The number of carbonyl (C=O) groups excluding carboxylic acids is 1. The van der Waals surface area contributed by atoms with E-state index in [4.69, 9.17) is 0 Å². The summed E-state index contributed by atoms with van der Waals surface area (Å²) in [6, 6.07) is 10.0. The molecule has 74 valence electrons. The molecule has 0 bridgehead atoms. The molecule has 1 rings (SSSR count). The fourth-order valence-corrected chi connectivity index (χ4v) is 1.78. The minimum atomic E-state index is -0.00472. The van der Waals surface area contributed by atoms with Gasteiger partial charge >= 0.3 is 0 Å². The van der Waals surface area contributed by atoms with Crippen LogP contribution in [0.5, 0.6) is 0 Å². The Morgan fingerprint density at radius 1 is 1.36 bits per heavy atom. The lowest BCUT2D eigenvalue weighted by atomic mass is 9.83. The second-order valence-corrected chi connectivity index (χ2v) is 3.73. The van der Waals surface area contributed by atoms with E-state index in [0.717, 1.165) is 11.9 Å². The second-order valence-electron chi connectivity index (χ2n) is 3.73. The third-order valence-corrected chi connectivity index (χ3v) is 2.43. The van der Waals surface area contributed by atoms with Crippen molar-refractivity contribution in [2.75, 3.05) is 0 Å². The van der Waals surface area contributed by atoms with Crippen molar-refractivity contribution in [3.05, 3.63) is 48.0 Å². The van der Waals surface area contributed by atoms with Crippen molar-refractivity contribution in [3.63, 3.8) is 0 Å². The molecule has 0 amide bonds. The average molecular weight is 188 g/mol. The van der Waals surface area contributed by atoms with Crippen LogP contribution in [0, 0.1) is 5.92 Å². The third-order valence-electron chi connectivity index (χ3n) is 2.43. The number of benzene rings is 1. The van der Waals surface area contributed by atoms with Gasteiger partial charge in [0.1, 0.15) is 6.29 Å². The first-order valence-corrected chi connectivity index (χ1v) is 4.82. The van der Waals surface area contributed by atoms with Gasteiger partial charge in [0, 0.05) is 11.8 Å². The minimum absolute atomic E-state index is 0.00472. The molecule has 0 aliphatic rings. The summed E-state index contributed by atoms with van der Waals surface area (Å²) >= 11 is 0. The molecule has 0 saturated carbocycles. The van der Waals surface area contributed by atoms with Crippen molar-refractivity contribution < 1.29 is 4.79 Å². The Labute approximate surface area is 85.5 Å². The van der Waals surface area contributed by atoms with Crippen molar-refractivity contribution in [1.29, 1.82) is 0 Å². The summed E-state index contributed by atoms with van der Waals surface area (Å²) in [5, 5.41) is 0. The van der Waals surface area contributed by atoms with Crippen LogP contribution in [0.3, 0.4) is 0 Å². The molecule has 0 fully saturated rings. The lowest BCUT2D eigenvalue weighted by Crippen LogP contribution is -2.11. The highest BCUT2D eigenvalue weighted by Gasteiger charge is 2.18. The van der Waals surface area contributed by atoms with Gasteiger partial charge in [-0.1, -0.05) is 49.4 Å². The first-order valence-electron chi connectivity index (χ1n) is 4.82. The van der Waals surface area contributed by atoms with E-state index in [9.17, 15) is 4.79 Å². The molecule has 2 atom stereocenters. The van der Waals surface area contributed by atoms with Crippen LogP contribution < -0.4 is 0 Å². The van der Waals surface area contributed by atoms with Gasteiger partial charge < -0.3 is 4.79 Å². The average Bonchev–Trinajstić information content (AvgIpc) is 2.19. The summed E-state index contributed by atoms with van der Waals surface area (Å²) < 4.78 is 0. The molecule has 0 aliphatic carbocycles. The molecule has 0 aromatic heterocycles. The van der Waals surface area contributed by atoms with E-state index >= 15 is 0 Å². The number of carbonyl (C=O) groups is 1. The van der Waals surface area contributed by atoms with E-state index < -0.39 is 0 Å². The third kappa shape index (κ3) is 2.32. The fourth-order valence-electron chi connectivity index (χ4n) is 1.78. The van der Waals surface area contributed by atoms with Crippen molar-refractivity contribution in [2.45, 2.75) is 19.8 Å². The largest absolute Gasteiger partial charge is 0.303 e. The maximum Gasteiger partial charge on any atom is 0.123 e. The smallest absolute Gasteiger partial charge is 0.123 e. The van der Waals surface area contributed by atoms with Crippen molar-refractivity contribution in [3.8, 4) is 0 Å². The predicted molar refractivity (Wildman–Crippen MR) is 59.2 cm³/mol. The van der Waals surface area contributed by atoms with E-state index in [1.165, 1.54) is 5.56 Å². The Balaban J connectivity index is 3.00. The quantitative estimate of drug-likeness (QED) is 0.524. The summed E-state index contributed by atoms with van der Waals surface area (Å²) in [7, 11) is 0. The first kappa shape index (κ1) is 10.7. The van der Waals surface area contributed by atoms with Gasteiger partial charge in [-0.3, -0.25) is 0 Å². The first-order chi connectivity index (χ1) is 6.66. The number of aldehydes is 1. The predicted octanol–water partition coefficient (Wildman–Crippen LogP) is 3.18. The molecule has 1 nitrogen and oxygen atoms in total. The normalized spacial score (nSPS) is 14.4. The fraction of sp³-hybridized carbons (Fsp3) is 0.308. The summed E-state index contributed by atoms with van der Waals surface area (Å²) in [4.78, 5) is 10.8. The van der Waals surface area contributed by atoms with Crippen LogP contribution in [-0.4, -0.2) is 6.29 Å². The Kier molecular flexibility index (Phi) is 3.63. The van der Waals surface area contributed by atoms with Crippen LogP contribution in [0.15, 0.2) is 42.5 Å². The number of rotatable bonds is 4. The molecule has 0 saturated heterocycles. The van der Waals surface area contributed by atoms with E-state index in [1.54, 1.807) is 0 Å². The molecule has 2 unspecified atom stereocenters. The highest BCUT2D eigenvalue weighted by atomic mass is 16.1. The highest BCUT2D eigenvalue weighted by molar-refractivity contribution is 5.57. The van der Waals surface area contributed by atoms with Crippen LogP contribution in [0.4, 0.5) is 0 Å². The summed E-state index contributed by atoms with van der Waals surface area (Å²) in [5.74, 6) is 0.142. The molecule has 0 radical (unpaired) electrons. The van der Waals surface area contributed by atoms with Crippen LogP contribution in [-0.2, 0) is 4.79 Å². The molecule has 14 heavy (non-hydrogen) atoms. The zero-order valence-electron chi connectivity index (χ0n) is 8.73. The maximum atomic E-state index is 10.8. The van der Waals surface area contributed by atoms with Gasteiger partial charge in [0.05, 0.1) is 0 Å². The monoisotopic (exact) mass is 188 g/mol. The van der Waals surface area contributed by atoms with Gasteiger partial charge in [-0.05, 0) is 12.5 Å². The lowest BCUT2D eigenvalue weighted by Gasteiger charge is -2.20. The van der Waals surface area contributed by atoms with Gasteiger partial charge in [0.15, 0.2) is 0 Å². The van der Waals surface area contributed by atoms with Crippen molar-refractivity contribution >= 4 is 6.29 Å². The molecule has 0 N–H and O–H groups in total. The van der Waals surface area contributed by atoms with Gasteiger partial charge in [-0.2, -0.15) is 0 Å². The molecular weight excluding hydrogens is 172 g/mol. The molecule has 1 aromatic carbocycles. The van der Waals surface area contributed by atoms with Crippen LogP contribution in [0.1, 0.15) is 25.3 Å². The summed E-state index contributed by atoms with van der Waals surface area (Å²) in [6.07, 6.45) is 0.992. The zero-order valence-corrected chi connectivity index (χ0v) is 8.73. The summed E-state index contributed by atoms with van der Waals surface area (Å²) in [6.45, 7) is 7.84. The molecule has 1 aromatic rings. The van der Waals surface area contributed by atoms with E-state index in [1.807, 2.05) is 44.2 Å². The number of allylic oxidation sites excluding steroid dienone is 1. The van der Waals surface area contributed by atoms with Gasteiger partial charge in [-0.15, -0.1) is 0 Å². The van der Waals surface area contributed by atoms with E-state index in [0.29, 0.717) is 0 Å². The Morgan fingerprint density at radius 3 is 2.36 bits per heavy atom. The number of hydrogen-bond acceptors (Lipinski definition) is 1. The summed E-state index contributed by atoms with van der Waals surface area (Å²) in [5.41, 5.74) is 2.20. The van der Waals surface area contributed by atoms with Gasteiger partial charge in [-0.25, -0.2) is 0 Å². The molecule has 0 spiro atoms. The maximum absolute atomic E-state index is 10.8. The van der Waals surface area contributed by atoms with Crippen molar-refractivity contribution in [1.82, 2.24) is 0 Å². The SMILES string of the molecule is C=C(C)C(c1ccccc1)C(C)C=O. The van der Waals surface area contributed by atoms with Crippen LogP contribution >= 0.6 is 0 Å². The van der Waals surface area contributed by atoms with Crippen LogP contribution in [0.2, 0.25) is 0 Å². The van der Waals surface area contributed by atoms with Gasteiger partial charge in [0.25, 0.3) is 0 Å². The second kappa shape index (κ2) is 4.75. The Morgan fingerprint density at radius 2 is 1.93 bits per heavy atom. The molecule has 0 aliphatic heterocycles. The van der Waals surface area contributed by atoms with E-state index in [2.05, 4.69) is 6.58 Å².